The lowest BCUT2D eigenvalue weighted by molar-refractivity contribution is 1.07. The summed E-state index contributed by atoms with van der Waals surface area (Å²) < 4.78 is 0. The normalized spacial score (nSPS) is 12.9. The van der Waals surface area contributed by atoms with Crippen LogP contribution in [0.2, 0.25) is 13.1 Å². The lowest BCUT2D eigenvalue weighted by Crippen LogP contribution is -2.49. The highest BCUT2D eigenvalue weighted by Crippen LogP contribution is 2.33. The predicted molar refractivity (Wildman–Crippen MR) is 207 cm³/mol. The minimum atomic E-state index is -1.87. The smallest absolute Gasteiger partial charge is 0.164 e. The van der Waals surface area contributed by atoms with Crippen LogP contribution >= 0.6 is 0 Å². The predicted octanol–water partition coefficient (Wildman–Crippen LogP) is 10.2. The maximum Gasteiger partial charge on any atom is 0.164 e. The summed E-state index contributed by atoms with van der Waals surface area (Å²) in [5.74, 6) is 2.02. The van der Waals surface area contributed by atoms with Crippen molar-refractivity contribution >= 4 is 29.2 Å². The maximum absolute atomic E-state index is 5.12. The van der Waals surface area contributed by atoms with Gasteiger partial charge in [0.25, 0.3) is 0 Å². The summed E-state index contributed by atoms with van der Waals surface area (Å²) in [6, 6.07) is 58.3. The van der Waals surface area contributed by atoms with Crippen LogP contribution in [-0.2, 0) is 0 Å². The second kappa shape index (κ2) is 11.6. The van der Waals surface area contributed by atoms with Gasteiger partial charge in [0.15, 0.2) is 17.5 Å². The lowest BCUT2D eigenvalue weighted by Gasteiger charge is -2.19. The third-order valence-corrected chi connectivity index (χ3v) is 13.5. The van der Waals surface area contributed by atoms with Gasteiger partial charge in [-0.1, -0.05) is 171 Å². The summed E-state index contributed by atoms with van der Waals surface area (Å²) in [6.07, 6.45) is 0. The standard InChI is InChI=1S/C45H33N3Si/c1-49(2)41-15-9-8-14-39(41)40-27-26-38(29-42(40)49)45-47-43(34-21-16-32(17-22-34)30-10-4-3-5-11-30)46-44(48-45)35-23-18-33(19-24-35)37-25-20-31-12-6-7-13-36(31)28-37/h3-29H,1-2H3. The van der Waals surface area contributed by atoms with E-state index < -0.39 is 8.07 Å². The van der Waals surface area contributed by atoms with E-state index >= 15 is 0 Å². The Morgan fingerprint density at radius 1 is 0.327 bits per heavy atom. The van der Waals surface area contributed by atoms with Crippen molar-refractivity contribution in [2.45, 2.75) is 13.1 Å². The van der Waals surface area contributed by atoms with Gasteiger partial charge in [-0.05, 0) is 60.6 Å². The van der Waals surface area contributed by atoms with Crippen LogP contribution in [0.15, 0.2) is 164 Å². The van der Waals surface area contributed by atoms with E-state index in [4.69, 9.17) is 15.0 Å². The van der Waals surface area contributed by atoms with E-state index in [1.54, 1.807) is 0 Å². The monoisotopic (exact) mass is 643 g/mol. The van der Waals surface area contributed by atoms with Gasteiger partial charge >= 0.3 is 0 Å². The van der Waals surface area contributed by atoms with E-state index in [1.807, 2.05) is 6.07 Å². The molecule has 1 aromatic heterocycles. The molecular formula is C45H33N3Si. The fourth-order valence-electron chi connectivity index (χ4n) is 7.23. The molecule has 232 valence electrons. The molecule has 1 aliphatic rings. The van der Waals surface area contributed by atoms with Crippen LogP contribution in [0, 0.1) is 0 Å². The number of hydrogen-bond acceptors (Lipinski definition) is 3. The number of benzene rings is 7. The zero-order valence-corrected chi connectivity index (χ0v) is 28.4. The van der Waals surface area contributed by atoms with Crippen LogP contribution in [0.1, 0.15) is 0 Å². The van der Waals surface area contributed by atoms with E-state index in [0.717, 1.165) is 27.8 Å². The van der Waals surface area contributed by atoms with E-state index in [2.05, 4.69) is 171 Å². The molecule has 3 nitrogen and oxygen atoms in total. The molecule has 0 spiro atoms. The number of nitrogens with zero attached hydrogens (tertiary/aromatic N) is 3. The molecule has 0 N–H and O–H groups in total. The molecule has 7 aromatic carbocycles. The molecular weight excluding hydrogens is 611 g/mol. The number of hydrogen-bond donors (Lipinski definition) is 0. The van der Waals surface area contributed by atoms with Crippen LogP contribution in [0.25, 0.3) is 78.3 Å². The average molecular weight is 644 g/mol. The summed E-state index contributed by atoms with van der Waals surface area (Å²) in [4.78, 5) is 15.3. The Kier molecular flexibility index (Phi) is 6.92. The molecule has 2 heterocycles. The summed E-state index contributed by atoms with van der Waals surface area (Å²) in [5.41, 5.74) is 10.3. The van der Waals surface area contributed by atoms with Gasteiger partial charge in [0.2, 0.25) is 0 Å². The SMILES string of the molecule is C[Si]1(C)c2ccccc2-c2ccc(-c3nc(-c4ccc(-c5ccccc5)cc4)nc(-c4ccc(-c5ccc6ccccc6c5)cc4)n3)cc21. The Labute approximate surface area is 287 Å². The van der Waals surface area contributed by atoms with Crippen molar-refractivity contribution in [3.05, 3.63) is 164 Å². The van der Waals surface area contributed by atoms with Crippen molar-refractivity contribution in [2.75, 3.05) is 0 Å². The second-order valence-corrected chi connectivity index (χ2v) is 17.6. The molecule has 0 radical (unpaired) electrons. The summed E-state index contributed by atoms with van der Waals surface area (Å²) >= 11 is 0. The van der Waals surface area contributed by atoms with Gasteiger partial charge < -0.3 is 0 Å². The van der Waals surface area contributed by atoms with Gasteiger partial charge in [-0.25, -0.2) is 15.0 Å². The third-order valence-electron chi connectivity index (χ3n) is 9.95. The van der Waals surface area contributed by atoms with Crippen LogP contribution in [0.5, 0.6) is 0 Å². The Morgan fingerprint density at radius 3 is 1.49 bits per heavy atom. The first-order valence-corrected chi connectivity index (χ1v) is 19.8. The highest BCUT2D eigenvalue weighted by Gasteiger charge is 2.37. The van der Waals surface area contributed by atoms with Crippen LogP contribution in [-0.4, -0.2) is 23.0 Å². The van der Waals surface area contributed by atoms with Crippen molar-refractivity contribution in [3.63, 3.8) is 0 Å². The zero-order chi connectivity index (χ0) is 33.0. The Balaban J connectivity index is 1.14. The molecule has 49 heavy (non-hydrogen) atoms. The van der Waals surface area contributed by atoms with Crippen molar-refractivity contribution in [3.8, 4) is 67.5 Å². The molecule has 0 fully saturated rings. The highest BCUT2D eigenvalue weighted by atomic mass is 28.3. The average Bonchev–Trinajstić information content (AvgIpc) is 3.40. The van der Waals surface area contributed by atoms with E-state index in [0.29, 0.717) is 17.5 Å². The Morgan fingerprint density at radius 2 is 0.796 bits per heavy atom. The number of rotatable bonds is 5. The molecule has 0 bridgehead atoms. The minimum Gasteiger partial charge on any atom is -0.208 e. The molecule has 0 atom stereocenters. The van der Waals surface area contributed by atoms with Crippen LogP contribution < -0.4 is 10.4 Å². The number of aromatic nitrogens is 3. The summed E-state index contributed by atoms with van der Waals surface area (Å²) in [7, 11) is -1.87. The molecule has 4 heteroatoms. The Hall–Kier alpha value is -5.97. The minimum absolute atomic E-state index is 0.664. The van der Waals surface area contributed by atoms with Gasteiger partial charge in [0.1, 0.15) is 8.07 Å². The first-order valence-electron chi connectivity index (χ1n) is 16.8. The first kappa shape index (κ1) is 29.2. The van der Waals surface area contributed by atoms with Crippen molar-refractivity contribution in [1.29, 1.82) is 0 Å². The topological polar surface area (TPSA) is 38.7 Å². The van der Waals surface area contributed by atoms with Gasteiger partial charge in [0.05, 0.1) is 0 Å². The molecule has 1 aliphatic heterocycles. The molecule has 0 aliphatic carbocycles. The van der Waals surface area contributed by atoms with Crippen molar-refractivity contribution in [2.24, 2.45) is 0 Å². The highest BCUT2D eigenvalue weighted by molar-refractivity contribution is 7.03. The summed E-state index contributed by atoms with van der Waals surface area (Å²) in [5, 5.41) is 5.40. The van der Waals surface area contributed by atoms with Gasteiger partial charge in [0, 0.05) is 16.7 Å². The van der Waals surface area contributed by atoms with E-state index in [-0.39, 0.29) is 0 Å². The fraction of sp³-hybridized carbons (Fsp3) is 0.0444. The van der Waals surface area contributed by atoms with Crippen molar-refractivity contribution < 1.29 is 0 Å². The Bertz CT molecular complexity index is 2500. The van der Waals surface area contributed by atoms with Crippen LogP contribution in [0.4, 0.5) is 0 Å². The second-order valence-electron chi connectivity index (χ2n) is 13.3. The van der Waals surface area contributed by atoms with Gasteiger partial charge in [-0.3, -0.25) is 0 Å². The van der Waals surface area contributed by atoms with Gasteiger partial charge in [-0.2, -0.15) is 0 Å². The van der Waals surface area contributed by atoms with Crippen LogP contribution in [0.3, 0.4) is 0 Å². The quantitative estimate of drug-likeness (QED) is 0.175. The molecule has 0 unspecified atom stereocenters. The number of fused-ring (bicyclic) bond motifs is 4. The fourth-order valence-corrected chi connectivity index (χ4v) is 10.3. The molecule has 8 aromatic rings. The summed E-state index contributed by atoms with van der Waals surface area (Å²) in [6.45, 7) is 4.88. The largest absolute Gasteiger partial charge is 0.208 e. The molecule has 0 saturated carbocycles. The maximum atomic E-state index is 5.12. The molecule has 9 rings (SSSR count). The van der Waals surface area contributed by atoms with Crippen molar-refractivity contribution in [1.82, 2.24) is 15.0 Å². The van der Waals surface area contributed by atoms with E-state index in [9.17, 15) is 0 Å². The van der Waals surface area contributed by atoms with E-state index in [1.165, 1.54) is 43.4 Å². The third kappa shape index (κ3) is 5.18. The first-order chi connectivity index (χ1) is 24.0. The van der Waals surface area contributed by atoms with Gasteiger partial charge in [-0.15, -0.1) is 0 Å². The molecule has 0 amide bonds. The zero-order valence-electron chi connectivity index (χ0n) is 27.4. The lowest BCUT2D eigenvalue weighted by atomic mass is 10.00. The molecule has 0 saturated heterocycles.